The Morgan fingerprint density at radius 2 is 2.00 bits per heavy atom. The van der Waals surface area contributed by atoms with E-state index in [-0.39, 0.29) is 0 Å². The number of ether oxygens (including phenoxy) is 1. The molecular weight excluding hydrogens is 238 g/mol. The smallest absolute Gasteiger partial charge is 0.126 e. The van der Waals surface area contributed by atoms with Crippen molar-refractivity contribution in [2.75, 3.05) is 18.6 Å². The number of benzene rings is 1. The van der Waals surface area contributed by atoms with Gasteiger partial charge in [-0.05, 0) is 37.8 Å². The zero-order chi connectivity index (χ0) is 14.0. The Labute approximate surface area is 116 Å². The maximum absolute atomic E-state index is 10.1. The molecule has 1 aromatic carbocycles. The summed E-state index contributed by atoms with van der Waals surface area (Å²) >= 11 is 0. The highest BCUT2D eigenvalue weighted by Gasteiger charge is 2.32. The highest BCUT2D eigenvalue weighted by molar-refractivity contribution is 5.61. The minimum Gasteiger partial charge on any atom is -0.496 e. The predicted octanol–water partition coefficient (Wildman–Crippen LogP) is 3.37. The van der Waals surface area contributed by atoms with Crippen LogP contribution in [0.25, 0.3) is 0 Å². The number of aliphatic hydroxyl groups excluding tert-OH is 1. The summed E-state index contributed by atoms with van der Waals surface area (Å²) in [6, 6.07) is 6.67. The van der Waals surface area contributed by atoms with Crippen LogP contribution in [0.4, 0.5) is 5.69 Å². The van der Waals surface area contributed by atoms with Crippen molar-refractivity contribution in [1.29, 1.82) is 0 Å². The molecular formula is C16H25NO2. The maximum Gasteiger partial charge on any atom is 0.126 e. The average Bonchev–Trinajstić information content (AvgIpc) is 3.18. The van der Waals surface area contributed by atoms with E-state index in [1.54, 1.807) is 7.11 Å². The van der Waals surface area contributed by atoms with E-state index in [1.165, 1.54) is 12.8 Å². The topological polar surface area (TPSA) is 32.7 Å². The van der Waals surface area contributed by atoms with Crippen LogP contribution in [0.3, 0.4) is 0 Å². The van der Waals surface area contributed by atoms with Crippen LogP contribution in [0.15, 0.2) is 18.2 Å². The molecule has 1 atom stereocenters. The van der Waals surface area contributed by atoms with Crippen LogP contribution in [0.2, 0.25) is 0 Å². The number of anilines is 1. The number of nitrogens with zero attached hydrogens (tertiary/aromatic N) is 1. The lowest BCUT2D eigenvalue weighted by Crippen LogP contribution is -2.31. The third-order valence-corrected chi connectivity index (χ3v) is 3.54. The number of methoxy groups -OCH3 is 1. The minimum absolute atomic E-state index is 0.514. The monoisotopic (exact) mass is 263 g/mol. The van der Waals surface area contributed by atoms with Gasteiger partial charge < -0.3 is 14.7 Å². The second-order valence-electron chi connectivity index (χ2n) is 5.85. The standard InChI is InChI=1S/C16H25NO2/c1-11(2)10-17(13-8-9-13)14-6-5-7-15(19-4)16(14)12(3)18/h5-7,11-13,18H,8-10H2,1-4H3/t12-/m1/s1. The van der Waals surface area contributed by atoms with Gasteiger partial charge in [0.1, 0.15) is 5.75 Å². The molecule has 3 nitrogen and oxygen atoms in total. The van der Waals surface area contributed by atoms with E-state index in [9.17, 15) is 5.11 Å². The van der Waals surface area contributed by atoms with Crippen LogP contribution in [0, 0.1) is 5.92 Å². The van der Waals surface area contributed by atoms with Crippen molar-refractivity contribution < 1.29 is 9.84 Å². The summed E-state index contributed by atoms with van der Waals surface area (Å²) in [7, 11) is 1.66. The van der Waals surface area contributed by atoms with Crippen molar-refractivity contribution in [2.24, 2.45) is 5.92 Å². The van der Waals surface area contributed by atoms with Gasteiger partial charge in [-0.3, -0.25) is 0 Å². The van der Waals surface area contributed by atoms with E-state index in [0.717, 1.165) is 23.5 Å². The molecule has 0 heterocycles. The molecule has 0 aromatic heterocycles. The van der Waals surface area contributed by atoms with Gasteiger partial charge in [0, 0.05) is 23.8 Å². The summed E-state index contributed by atoms with van der Waals surface area (Å²) in [5, 5.41) is 10.1. The fourth-order valence-electron chi connectivity index (χ4n) is 2.60. The van der Waals surface area contributed by atoms with Crippen LogP contribution in [0.1, 0.15) is 45.3 Å². The molecule has 0 spiro atoms. The third kappa shape index (κ3) is 3.21. The first kappa shape index (κ1) is 14.2. The first-order chi connectivity index (χ1) is 9.04. The van der Waals surface area contributed by atoms with Gasteiger partial charge in [-0.25, -0.2) is 0 Å². The summed E-state index contributed by atoms with van der Waals surface area (Å²) in [6.07, 6.45) is 1.99. The molecule has 1 aliphatic rings. The van der Waals surface area contributed by atoms with Crippen molar-refractivity contribution >= 4 is 5.69 Å². The van der Waals surface area contributed by atoms with Gasteiger partial charge in [-0.2, -0.15) is 0 Å². The summed E-state index contributed by atoms with van der Waals surface area (Å²) in [5.74, 6) is 1.38. The van der Waals surface area contributed by atoms with Crippen molar-refractivity contribution in [3.8, 4) is 5.75 Å². The Morgan fingerprint density at radius 1 is 1.32 bits per heavy atom. The molecule has 0 radical (unpaired) electrons. The van der Waals surface area contributed by atoms with Gasteiger partial charge in [-0.15, -0.1) is 0 Å². The number of rotatable bonds is 6. The van der Waals surface area contributed by atoms with Crippen LogP contribution >= 0.6 is 0 Å². The van der Waals surface area contributed by atoms with Crippen molar-refractivity contribution in [2.45, 2.75) is 45.8 Å². The Kier molecular flexibility index (Phi) is 4.35. The van der Waals surface area contributed by atoms with Gasteiger partial charge in [-0.1, -0.05) is 19.9 Å². The second kappa shape index (κ2) is 5.83. The largest absolute Gasteiger partial charge is 0.496 e. The summed E-state index contributed by atoms with van der Waals surface area (Å²) in [4.78, 5) is 2.44. The summed E-state index contributed by atoms with van der Waals surface area (Å²) < 4.78 is 5.42. The predicted molar refractivity (Wildman–Crippen MR) is 78.8 cm³/mol. The molecule has 0 bridgehead atoms. The molecule has 1 fully saturated rings. The van der Waals surface area contributed by atoms with E-state index >= 15 is 0 Å². The Bertz CT molecular complexity index is 425. The fraction of sp³-hybridized carbons (Fsp3) is 0.625. The van der Waals surface area contributed by atoms with E-state index in [4.69, 9.17) is 4.74 Å². The summed E-state index contributed by atoms with van der Waals surface area (Å²) in [5.41, 5.74) is 2.04. The molecule has 2 rings (SSSR count). The summed E-state index contributed by atoms with van der Waals surface area (Å²) in [6.45, 7) is 7.30. The lowest BCUT2D eigenvalue weighted by molar-refractivity contribution is 0.194. The minimum atomic E-state index is -0.514. The lowest BCUT2D eigenvalue weighted by atomic mass is 10.0. The van der Waals surface area contributed by atoms with Crippen LogP contribution in [-0.4, -0.2) is 24.8 Å². The quantitative estimate of drug-likeness (QED) is 0.854. The molecule has 3 heteroatoms. The van der Waals surface area contributed by atoms with Gasteiger partial charge in [0.25, 0.3) is 0 Å². The van der Waals surface area contributed by atoms with Gasteiger partial charge in [0.15, 0.2) is 0 Å². The van der Waals surface area contributed by atoms with Crippen molar-refractivity contribution in [1.82, 2.24) is 0 Å². The first-order valence-electron chi connectivity index (χ1n) is 7.16. The van der Waals surface area contributed by atoms with Gasteiger partial charge in [0.05, 0.1) is 13.2 Å². The molecule has 0 unspecified atom stereocenters. The molecule has 0 aliphatic heterocycles. The fourth-order valence-corrected chi connectivity index (χ4v) is 2.60. The number of aliphatic hydroxyl groups is 1. The Morgan fingerprint density at radius 3 is 2.47 bits per heavy atom. The molecule has 1 N–H and O–H groups in total. The maximum atomic E-state index is 10.1. The van der Waals surface area contributed by atoms with E-state index in [2.05, 4.69) is 24.8 Å². The van der Waals surface area contributed by atoms with Gasteiger partial charge in [0.2, 0.25) is 0 Å². The third-order valence-electron chi connectivity index (χ3n) is 3.54. The first-order valence-corrected chi connectivity index (χ1v) is 7.16. The van der Waals surface area contributed by atoms with E-state index < -0.39 is 6.10 Å². The van der Waals surface area contributed by atoms with Crippen LogP contribution in [0.5, 0.6) is 5.75 Å². The van der Waals surface area contributed by atoms with Crippen LogP contribution in [-0.2, 0) is 0 Å². The molecule has 1 aromatic rings. The SMILES string of the molecule is COc1cccc(N(CC(C)C)C2CC2)c1[C@@H](C)O. The second-order valence-corrected chi connectivity index (χ2v) is 5.85. The molecule has 0 amide bonds. The number of hydrogen-bond donors (Lipinski definition) is 1. The zero-order valence-electron chi connectivity index (χ0n) is 12.4. The van der Waals surface area contributed by atoms with Gasteiger partial charge >= 0.3 is 0 Å². The van der Waals surface area contributed by atoms with E-state index in [1.807, 2.05) is 19.1 Å². The van der Waals surface area contributed by atoms with Crippen molar-refractivity contribution in [3.05, 3.63) is 23.8 Å². The molecule has 0 saturated heterocycles. The average molecular weight is 263 g/mol. The normalized spacial score (nSPS) is 16.5. The molecule has 1 aliphatic carbocycles. The van der Waals surface area contributed by atoms with Crippen molar-refractivity contribution in [3.63, 3.8) is 0 Å². The van der Waals surface area contributed by atoms with Crippen LogP contribution < -0.4 is 9.64 Å². The zero-order valence-corrected chi connectivity index (χ0v) is 12.4. The highest BCUT2D eigenvalue weighted by atomic mass is 16.5. The molecule has 19 heavy (non-hydrogen) atoms. The van der Waals surface area contributed by atoms with E-state index in [0.29, 0.717) is 12.0 Å². The molecule has 106 valence electrons. The lowest BCUT2D eigenvalue weighted by Gasteiger charge is -2.30. The number of hydrogen-bond acceptors (Lipinski definition) is 3. The Balaban J connectivity index is 2.40. The molecule has 1 saturated carbocycles. The highest BCUT2D eigenvalue weighted by Crippen LogP contribution is 2.40. The Hall–Kier alpha value is -1.22.